The molecule has 1 fully saturated rings. The van der Waals surface area contributed by atoms with E-state index in [2.05, 4.69) is 48.3 Å². The predicted octanol–water partition coefficient (Wildman–Crippen LogP) is 3.04. The molecule has 21 heavy (non-hydrogen) atoms. The number of nitrogens with one attached hydrogen (secondary N) is 1. The van der Waals surface area contributed by atoms with Gasteiger partial charge in [-0.25, -0.2) is 0 Å². The molecule has 0 aliphatic carbocycles. The molecule has 0 aromatic heterocycles. The first kappa shape index (κ1) is 16.5. The zero-order valence-electron chi connectivity index (χ0n) is 13.8. The summed E-state index contributed by atoms with van der Waals surface area (Å²) in [6.45, 7) is 9.79. The number of rotatable bonds is 7. The van der Waals surface area contributed by atoms with E-state index in [9.17, 15) is 0 Å². The summed E-state index contributed by atoms with van der Waals surface area (Å²) in [6, 6.07) is 9.24. The molecule has 3 heteroatoms. The maximum atomic E-state index is 5.32. The summed E-state index contributed by atoms with van der Waals surface area (Å²) in [5.74, 6) is 0.788. The van der Waals surface area contributed by atoms with Crippen LogP contribution in [0.1, 0.15) is 37.8 Å². The molecule has 0 amide bonds. The van der Waals surface area contributed by atoms with Gasteiger partial charge in [0, 0.05) is 26.2 Å². The van der Waals surface area contributed by atoms with E-state index in [0.29, 0.717) is 12.6 Å². The van der Waals surface area contributed by atoms with Crippen molar-refractivity contribution in [2.75, 3.05) is 26.7 Å². The SMILES string of the molecule is COCc1ccccc1CN1CCCC(CNC(C)C)C1. The number of piperidine rings is 1. The molecule has 0 saturated carbocycles. The van der Waals surface area contributed by atoms with Crippen molar-refractivity contribution in [3.63, 3.8) is 0 Å². The molecule has 1 atom stereocenters. The van der Waals surface area contributed by atoms with Gasteiger partial charge >= 0.3 is 0 Å². The van der Waals surface area contributed by atoms with Crippen molar-refractivity contribution < 1.29 is 4.74 Å². The maximum Gasteiger partial charge on any atom is 0.0716 e. The second-order valence-corrected chi connectivity index (χ2v) is 6.51. The number of methoxy groups -OCH3 is 1. The highest BCUT2D eigenvalue weighted by atomic mass is 16.5. The summed E-state index contributed by atoms with van der Waals surface area (Å²) < 4.78 is 5.32. The summed E-state index contributed by atoms with van der Waals surface area (Å²) in [4.78, 5) is 2.60. The van der Waals surface area contributed by atoms with E-state index in [4.69, 9.17) is 4.74 Å². The molecule has 1 saturated heterocycles. The second-order valence-electron chi connectivity index (χ2n) is 6.51. The van der Waals surface area contributed by atoms with Crippen LogP contribution in [0.4, 0.5) is 0 Å². The van der Waals surface area contributed by atoms with E-state index < -0.39 is 0 Å². The molecule has 1 aromatic carbocycles. The molecule has 1 aromatic rings. The lowest BCUT2D eigenvalue weighted by Gasteiger charge is -2.33. The van der Waals surface area contributed by atoms with Crippen LogP contribution >= 0.6 is 0 Å². The molecule has 0 radical (unpaired) electrons. The Morgan fingerprint density at radius 1 is 1.29 bits per heavy atom. The van der Waals surface area contributed by atoms with Crippen molar-refractivity contribution >= 4 is 0 Å². The lowest BCUT2D eigenvalue weighted by molar-refractivity contribution is 0.159. The van der Waals surface area contributed by atoms with Gasteiger partial charge < -0.3 is 10.1 Å². The van der Waals surface area contributed by atoms with Gasteiger partial charge in [0.2, 0.25) is 0 Å². The Kier molecular flexibility index (Phi) is 6.68. The van der Waals surface area contributed by atoms with E-state index in [-0.39, 0.29) is 0 Å². The summed E-state index contributed by atoms with van der Waals surface area (Å²) >= 11 is 0. The van der Waals surface area contributed by atoms with Gasteiger partial charge in [0.1, 0.15) is 0 Å². The largest absolute Gasteiger partial charge is 0.380 e. The van der Waals surface area contributed by atoms with Gasteiger partial charge in [-0.15, -0.1) is 0 Å². The lowest BCUT2D eigenvalue weighted by Crippen LogP contribution is -2.40. The van der Waals surface area contributed by atoms with Crippen LogP contribution in [0.3, 0.4) is 0 Å². The van der Waals surface area contributed by atoms with Crippen LogP contribution in [-0.4, -0.2) is 37.7 Å². The molecule has 2 rings (SSSR count). The maximum absolute atomic E-state index is 5.32. The molecule has 1 aliphatic heterocycles. The van der Waals surface area contributed by atoms with Crippen LogP contribution in [-0.2, 0) is 17.9 Å². The number of ether oxygens (including phenoxy) is 1. The fourth-order valence-electron chi connectivity index (χ4n) is 3.11. The minimum atomic E-state index is 0.586. The van der Waals surface area contributed by atoms with E-state index in [0.717, 1.165) is 19.0 Å². The van der Waals surface area contributed by atoms with Gasteiger partial charge in [0.15, 0.2) is 0 Å². The monoisotopic (exact) mass is 290 g/mol. The molecule has 1 aliphatic rings. The van der Waals surface area contributed by atoms with Crippen molar-refractivity contribution in [3.8, 4) is 0 Å². The zero-order valence-corrected chi connectivity index (χ0v) is 13.8. The molecule has 1 heterocycles. The Bertz CT molecular complexity index is 419. The quantitative estimate of drug-likeness (QED) is 0.835. The van der Waals surface area contributed by atoms with E-state index in [1.54, 1.807) is 7.11 Å². The van der Waals surface area contributed by atoms with Crippen molar-refractivity contribution in [1.29, 1.82) is 0 Å². The average Bonchev–Trinajstić information content (AvgIpc) is 2.48. The Morgan fingerprint density at radius 3 is 2.76 bits per heavy atom. The number of hydrogen-bond donors (Lipinski definition) is 1. The highest BCUT2D eigenvalue weighted by Gasteiger charge is 2.20. The van der Waals surface area contributed by atoms with Crippen molar-refractivity contribution in [2.45, 2.75) is 45.9 Å². The number of hydrogen-bond acceptors (Lipinski definition) is 3. The summed E-state index contributed by atoms with van der Waals surface area (Å²) in [5.41, 5.74) is 2.74. The van der Waals surface area contributed by atoms with E-state index in [1.807, 2.05) is 0 Å². The number of nitrogens with zero attached hydrogens (tertiary/aromatic N) is 1. The highest BCUT2D eigenvalue weighted by Crippen LogP contribution is 2.20. The third-order valence-corrected chi connectivity index (χ3v) is 4.23. The molecule has 0 spiro atoms. The minimum absolute atomic E-state index is 0.586. The van der Waals surface area contributed by atoms with Gasteiger partial charge in [0.25, 0.3) is 0 Å². The zero-order chi connectivity index (χ0) is 15.1. The first-order chi connectivity index (χ1) is 10.2. The number of benzene rings is 1. The van der Waals surface area contributed by atoms with Crippen molar-refractivity contribution in [1.82, 2.24) is 10.2 Å². The summed E-state index contributed by atoms with van der Waals surface area (Å²) in [5, 5.41) is 3.58. The van der Waals surface area contributed by atoms with Gasteiger partial charge in [-0.1, -0.05) is 38.1 Å². The van der Waals surface area contributed by atoms with Crippen molar-refractivity contribution in [3.05, 3.63) is 35.4 Å². The fraction of sp³-hybridized carbons (Fsp3) is 0.667. The van der Waals surface area contributed by atoms with Crippen LogP contribution in [0, 0.1) is 5.92 Å². The average molecular weight is 290 g/mol. The Hall–Kier alpha value is -0.900. The molecule has 118 valence electrons. The molecular formula is C18H30N2O. The lowest BCUT2D eigenvalue weighted by atomic mass is 9.96. The summed E-state index contributed by atoms with van der Waals surface area (Å²) in [6.07, 6.45) is 2.67. The first-order valence-corrected chi connectivity index (χ1v) is 8.20. The van der Waals surface area contributed by atoms with Gasteiger partial charge in [-0.3, -0.25) is 4.90 Å². The minimum Gasteiger partial charge on any atom is -0.380 e. The molecule has 1 N–H and O–H groups in total. The summed E-state index contributed by atoms with van der Waals surface area (Å²) in [7, 11) is 1.77. The Morgan fingerprint density at radius 2 is 2.05 bits per heavy atom. The topological polar surface area (TPSA) is 24.5 Å². The van der Waals surface area contributed by atoms with Crippen LogP contribution in [0.25, 0.3) is 0 Å². The smallest absolute Gasteiger partial charge is 0.0716 e. The van der Waals surface area contributed by atoms with Crippen molar-refractivity contribution in [2.24, 2.45) is 5.92 Å². The van der Waals surface area contributed by atoms with Gasteiger partial charge in [0.05, 0.1) is 6.61 Å². The van der Waals surface area contributed by atoms with Crippen LogP contribution in [0.2, 0.25) is 0 Å². The number of likely N-dealkylation sites (tertiary alicyclic amines) is 1. The molecule has 1 unspecified atom stereocenters. The fourth-order valence-corrected chi connectivity index (χ4v) is 3.11. The first-order valence-electron chi connectivity index (χ1n) is 8.20. The molecule has 3 nitrogen and oxygen atoms in total. The van der Waals surface area contributed by atoms with E-state index >= 15 is 0 Å². The van der Waals surface area contributed by atoms with Crippen LogP contribution in [0.5, 0.6) is 0 Å². The standard InChI is InChI=1S/C18H30N2O/c1-15(2)19-11-16-7-6-10-20(12-16)13-17-8-4-5-9-18(17)14-21-3/h4-5,8-9,15-16,19H,6-7,10-14H2,1-3H3. The van der Waals surface area contributed by atoms with E-state index in [1.165, 1.54) is 37.1 Å². The predicted molar refractivity (Wildman–Crippen MR) is 88.3 cm³/mol. The van der Waals surface area contributed by atoms with Crippen LogP contribution in [0.15, 0.2) is 24.3 Å². The van der Waals surface area contributed by atoms with Crippen LogP contribution < -0.4 is 5.32 Å². The Labute approximate surface area is 129 Å². The third kappa shape index (κ3) is 5.42. The van der Waals surface area contributed by atoms with Gasteiger partial charge in [-0.05, 0) is 43.0 Å². The van der Waals surface area contributed by atoms with Gasteiger partial charge in [-0.2, -0.15) is 0 Å². The highest BCUT2D eigenvalue weighted by molar-refractivity contribution is 5.26. The Balaban J connectivity index is 1.90. The molecule has 0 bridgehead atoms. The third-order valence-electron chi connectivity index (χ3n) is 4.23. The molecular weight excluding hydrogens is 260 g/mol. The second kappa shape index (κ2) is 8.52. The normalized spacial score (nSPS) is 20.1.